The average molecular weight is 398 g/mol. The van der Waals surface area contributed by atoms with Crippen molar-refractivity contribution in [2.24, 2.45) is 0 Å². The van der Waals surface area contributed by atoms with E-state index in [2.05, 4.69) is 6.08 Å². The van der Waals surface area contributed by atoms with Gasteiger partial charge >= 0.3 is 0 Å². The molecule has 0 saturated carbocycles. The molecule has 0 aliphatic carbocycles. The number of aromatic hydroxyl groups is 1. The van der Waals surface area contributed by atoms with Crippen molar-refractivity contribution in [1.29, 1.82) is 0 Å². The van der Waals surface area contributed by atoms with Gasteiger partial charge in [0.2, 0.25) is 0 Å². The van der Waals surface area contributed by atoms with Gasteiger partial charge in [-0.05, 0) is 38.0 Å². The van der Waals surface area contributed by atoms with Crippen LogP contribution in [-0.4, -0.2) is 32.2 Å². The Morgan fingerprint density at radius 3 is 2.38 bits per heavy atom. The van der Waals surface area contributed by atoms with Crippen molar-refractivity contribution in [1.82, 2.24) is 0 Å². The zero-order valence-corrected chi connectivity index (χ0v) is 17.4. The third-order valence-electron chi connectivity index (χ3n) is 4.95. The largest absolute Gasteiger partial charge is 0.504 e. The molecule has 0 fully saturated rings. The SMILES string of the molecule is COc1ccc([C@@H]2CC(=O)c3c(OC)cc(OC)c(CC=C(C)C)c3O2)cc1O. The van der Waals surface area contributed by atoms with E-state index in [1.165, 1.54) is 14.2 Å². The van der Waals surface area contributed by atoms with Gasteiger partial charge in [-0.2, -0.15) is 0 Å². The monoisotopic (exact) mass is 398 g/mol. The molecule has 0 radical (unpaired) electrons. The second-order valence-corrected chi connectivity index (χ2v) is 7.11. The van der Waals surface area contributed by atoms with Gasteiger partial charge in [0.05, 0.1) is 27.8 Å². The Bertz CT molecular complexity index is 956. The van der Waals surface area contributed by atoms with Crippen molar-refractivity contribution in [3.8, 4) is 28.7 Å². The van der Waals surface area contributed by atoms with Crippen LogP contribution in [0.2, 0.25) is 0 Å². The summed E-state index contributed by atoms with van der Waals surface area (Å²) in [6, 6.07) is 6.74. The van der Waals surface area contributed by atoms with E-state index in [0.717, 1.165) is 11.1 Å². The van der Waals surface area contributed by atoms with Crippen molar-refractivity contribution in [2.45, 2.75) is 32.8 Å². The summed E-state index contributed by atoms with van der Waals surface area (Å²) < 4.78 is 22.4. The number of methoxy groups -OCH3 is 3. The Hall–Kier alpha value is -3.15. The fraction of sp³-hybridized carbons (Fsp3) is 0.348. The first-order valence-corrected chi connectivity index (χ1v) is 9.37. The lowest BCUT2D eigenvalue weighted by molar-refractivity contribution is 0.0841. The number of fused-ring (bicyclic) bond motifs is 1. The molecule has 1 N–H and O–H groups in total. The molecule has 3 rings (SSSR count). The molecule has 154 valence electrons. The Morgan fingerprint density at radius 1 is 1.10 bits per heavy atom. The summed E-state index contributed by atoms with van der Waals surface area (Å²) in [5.74, 6) is 1.78. The highest BCUT2D eigenvalue weighted by molar-refractivity contribution is 6.03. The van der Waals surface area contributed by atoms with E-state index in [9.17, 15) is 9.90 Å². The van der Waals surface area contributed by atoms with Gasteiger partial charge in [0, 0.05) is 11.6 Å². The van der Waals surface area contributed by atoms with Crippen LogP contribution < -0.4 is 18.9 Å². The van der Waals surface area contributed by atoms with Gasteiger partial charge in [0.15, 0.2) is 17.3 Å². The average Bonchev–Trinajstić information content (AvgIpc) is 2.71. The van der Waals surface area contributed by atoms with Crippen LogP contribution in [0.5, 0.6) is 28.7 Å². The molecule has 2 aromatic carbocycles. The third-order valence-corrected chi connectivity index (χ3v) is 4.95. The minimum Gasteiger partial charge on any atom is -0.504 e. The molecule has 0 amide bonds. The second-order valence-electron chi connectivity index (χ2n) is 7.11. The van der Waals surface area contributed by atoms with Crippen molar-refractivity contribution < 1.29 is 28.8 Å². The number of ether oxygens (including phenoxy) is 4. The summed E-state index contributed by atoms with van der Waals surface area (Å²) in [6.07, 6.45) is 2.23. The fourth-order valence-electron chi connectivity index (χ4n) is 3.44. The van der Waals surface area contributed by atoms with Gasteiger partial charge in [-0.3, -0.25) is 4.79 Å². The van der Waals surface area contributed by atoms with Gasteiger partial charge in [0.25, 0.3) is 0 Å². The topological polar surface area (TPSA) is 74.2 Å². The van der Waals surface area contributed by atoms with Gasteiger partial charge in [-0.15, -0.1) is 0 Å². The van der Waals surface area contributed by atoms with Crippen LogP contribution in [0.1, 0.15) is 47.9 Å². The number of ketones is 1. The number of benzene rings is 2. The summed E-state index contributed by atoms with van der Waals surface area (Å²) in [6.45, 7) is 4.02. The smallest absolute Gasteiger partial charge is 0.174 e. The third kappa shape index (κ3) is 4.01. The normalized spacial score (nSPS) is 15.2. The molecule has 0 saturated heterocycles. The van der Waals surface area contributed by atoms with Gasteiger partial charge in [0.1, 0.15) is 28.9 Å². The predicted molar refractivity (Wildman–Crippen MR) is 110 cm³/mol. The molecule has 1 aliphatic rings. The van der Waals surface area contributed by atoms with Crippen LogP contribution in [0.15, 0.2) is 35.9 Å². The van der Waals surface area contributed by atoms with E-state index in [1.54, 1.807) is 31.4 Å². The minimum atomic E-state index is -0.533. The molecule has 0 unspecified atom stereocenters. The van der Waals surface area contributed by atoms with Crippen LogP contribution in [-0.2, 0) is 6.42 Å². The maximum absolute atomic E-state index is 13.0. The van der Waals surface area contributed by atoms with Gasteiger partial charge in [-0.25, -0.2) is 0 Å². The van der Waals surface area contributed by atoms with E-state index >= 15 is 0 Å². The minimum absolute atomic E-state index is 0.000154. The molecule has 0 bridgehead atoms. The number of allylic oxidation sites excluding steroid dienone is 2. The maximum Gasteiger partial charge on any atom is 0.174 e. The Balaban J connectivity index is 2.11. The molecule has 2 aromatic rings. The number of Topliss-reactive ketones (excluding diaryl/α,β-unsaturated/α-hetero) is 1. The number of hydrogen-bond donors (Lipinski definition) is 1. The highest BCUT2D eigenvalue weighted by Gasteiger charge is 2.34. The first kappa shape index (κ1) is 20.6. The lowest BCUT2D eigenvalue weighted by Gasteiger charge is -2.29. The van der Waals surface area contributed by atoms with E-state index in [-0.39, 0.29) is 18.0 Å². The van der Waals surface area contributed by atoms with E-state index in [1.807, 2.05) is 13.8 Å². The number of phenols is 1. The summed E-state index contributed by atoms with van der Waals surface area (Å²) in [5, 5.41) is 10.1. The molecule has 29 heavy (non-hydrogen) atoms. The molecular weight excluding hydrogens is 372 g/mol. The number of hydrogen-bond acceptors (Lipinski definition) is 6. The van der Waals surface area contributed by atoms with Crippen LogP contribution in [0.4, 0.5) is 0 Å². The fourth-order valence-corrected chi connectivity index (χ4v) is 3.44. The molecule has 0 spiro atoms. The van der Waals surface area contributed by atoms with Crippen LogP contribution in [0.3, 0.4) is 0 Å². The number of carbonyl (C=O) groups is 1. The molecule has 1 aliphatic heterocycles. The maximum atomic E-state index is 13.0. The van der Waals surface area contributed by atoms with Crippen molar-refractivity contribution in [2.75, 3.05) is 21.3 Å². The molecule has 1 heterocycles. The molecule has 1 atom stereocenters. The van der Waals surface area contributed by atoms with Crippen LogP contribution >= 0.6 is 0 Å². The molecule has 6 heteroatoms. The summed E-state index contributed by atoms with van der Waals surface area (Å²) in [7, 11) is 4.59. The summed E-state index contributed by atoms with van der Waals surface area (Å²) >= 11 is 0. The van der Waals surface area contributed by atoms with Crippen molar-refractivity contribution in [3.63, 3.8) is 0 Å². The Morgan fingerprint density at radius 2 is 1.79 bits per heavy atom. The van der Waals surface area contributed by atoms with Crippen LogP contribution in [0, 0.1) is 0 Å². The first-order chi connectivity index (χ1) is 13.9. The van der Waals surface area contributed by atoms with E-state index in [0.29, 0.717) is 40.5 Å². The van der Waals surface area contributed by atoms with Crippen molar-refractivity contribution >= 4 is 5.78 Å². The lowest BCUT2D eigenvalue weighted by atomic mass is 9.92. The highest BCUT2D eigenvalue weighted by Crippen LogP contribution is 2.46. The van der Waals surface area contributed by atoms with Gasteiger partial charge < -0.3 is 24.1 Å². The number of phenolic OH excluding ortho intramolecular Hbond substituents is 1. The van der Waals surface area contributed by atoms with E-state index in [4.69, 9.17) is 18.9 Å². The summed E-state index contributed by atoms with van der Waals surface area (Å²) in [4.78, 5) is 13.0. The predicted octanol–water partition coefficient (Wildman–Crippen LogP) is 4.63. The highest BCUT2D eigenvalue weighted by atomic mass is 16.5. The van der Waals surface area contributed by atoms with Crippen molar-refractivity contribution in [3.05, 3.63) is 52.6 Å². The quantitative estimate of drug-likeness (QED) is 0.715. The lowest BCUT2D eigenvalue weighted by Crippen LogP contribution is -2.22. The zero-order valence-electron chi connectivity index (χ0n) is 17.4. The van der Waals surface area contributed by atoms with Crippen LogP contribution in [0.25, 0.3) is 0 Å². The van der Waals surface area contributed by atoms with E-state index < -0.39 is 6.10 Å². The number of rotatable bonds is 6. The molecular formula is C23H26O6. The Labute approximate surface area is 170 Å². The standard InChI is InChI=1S/C23H26O6/c1-13(2)6-8-15-20(27-4)12-21(28-5)22-17(25)11-19(29-23(15)22)14-7-9-18(26-3)16(24)10-14/h6-7,9-10,12,19,24H,8,11H2,1-5H3/t19-/m0/s1. The second kappa shape index (κ2) is 8.47. The van der Waals surface area contributed by atoms with Gasteiger partial charge in [-0.1, -0.05) is 17.7 Å². The zero-order chi connectivity index (χ0) is 21.1. The summed E-state index contributed by atoms with van der Waals surface area (Å²) in [5.41, 5.74) is 3.06. The first-order valence-electron chi connectivity index (χ1n) is 9.37. The molecule has 0 aromatic heterocycles. The Kier molecular flexibility index (Phi) is 6.01. The molecule has 6 nitrogen and oxygen atoms in total. The number of carbonyl (C=O) groups excluding carboxylic acids is 1.